The maximum atomic E-state index is 13.1. The number of hydrogen-bond donors (Lipinski definition) is 3. The first-order valence-electron chi connectivity index (χ1n) is 41.4. The summed E-state index contributed by atoms with van der Waals surface area (Å²) >= 11 is 0. The van der Waals surface area contributed by atoms with Crippen LogP contribution in [0.2, 0.25) is 0 Å². The van der Waals surface area contributed by atoms with Gasteiger partial charge in [-0.3, -0.25) is 37.3 Å². The molecule has 0 amide bonds. The SMILES string of the molecule is CC/C=C\C/C=C\C/C=C\C/C=C\C/C=C\CCCCCC(=O)OCC(COP(=O)(O)OCC(O)COP(=O)(O)OCC(COC(=O)CCCCC/C=C\C/C=C\C/C=C\C/C=C\C/C=C\CC)OC(=O)CCCCCCC/C=C\CCCCCCCC)OC(=O)CCCCCCC/C=C\C/C=C\C/C=C\CC. The van der Waals surface area contributed by atoms with Gasteiger partial charge in [0, 0.05) is 25.7 Å². The van der Waals surface area contributed by atoms with E-state index >= 15 is 0 Å². The van der Waals surface area contributed by atoms with Crippen LogP contribution in [0.3, 0.4) is 0 Å². The van der Waals surface area contributed by atoms with Gasteiger partial charge in [-0.25, -0.2) is 9.13 Å². The quantitative estimate of drug-likeness (QED) is 0.0169. The first kappa shape index (κ1) is 102. The van der Waals surface area contributed by atoms with Crippen molar-refractivity contribution in [1.82, 2.24) is 0 Å². The summed E-state index contributed by atoms with van der Waals surface area (Å²) in [5.41, 5.74) is 0. The Balaban J connectivity index is 5.46. The third-order valence-corrected chi connectivity index (χ3v) is 18.6. The lowest BCUT2D eigenvalue weighted by atomic mass is 10.1. The van der Waals surface area contributed by atoms with Gasteiger partial charge >= 0.3 is 39.5 Å². The molecule has 0 saturated carbocycles. The molecular weight excluding hydrogens is 1400 g/mol. The largest absolute Gasteiger partial charge is 0.472 e. The predicted molar refractivity (Wildman–Crippen MR) is 445 cm³/mol. The molecule has 0 aromatic rings. The van der Waals surface area contributed by atoms with Crippen molar-refractivity contribution >= 4 is 39.5 Å². The Morgan fingerprint density at radius 2 is 0.481 bits per heavy atom. The fraction of sp³-hybridized carbons (Fsp3) is 0.640. The third kappa shape index (κ3) is 78.5. The zero-order chi connectivity index (χ0) is 78.9. The molecule has 0 aliphatic heterocycles. The maximum absolute atomic E-state index is 13.1. The Morgan fingerprint density at radius 3 is 0.759 bits per heavy atom. The summed E-state index contributed by atoms with van der Waals surface area (Å²) in [6, 6.07) is 0. The van der Waals surface area contributed by atoms with Crippen LogP contribution in [0.1, 0.15) is 310 Å². The molecule has 0 aliphatic carbocycles. The van der Waals surface area contributed by atoms with Crippen LogP contribution in [0.4, 0.5) is 0 Å². The molecule has 17 nitrogen and oxygen atoms in total. The second-order valence-corrected chi connectivity index (χ2v) is 29.8. The highest BCUT2D eigenvalue weighted by atomic mass is 31.2. The number of hydrogen-bond acceptors (Lipinski definition) is 15. The minimum atomic E-state index is -5.00. The topological polar surface area (TPSA) is 237 Å². The molecule has 0 aromatic heterocycles. The second kappa shape index (κ2) is 79.5. The van der Waals surface area contributed by atoms with Gasteiger partial charge in [0.15, 0.2) is 12.2 Å². The molecule has 0 bridgehead atoms. The van der Waals surface area contributed by atoms with Gasteiger partial charge < -0.3 is 33.8 Å². The summed E-state index contributed by atoms with van der Waals surface area (Å²) in [7, 11) is -10.0. The summed E-state index contributed by atoms with van der Waals surface area (Å²) in [5.74, 6) is -2.28. The van der Waals surface area contributed by atoms with Gasteiger partial charge in [-0.05, 0) is 173 Å². The van der Waals surface area contributed by atoms with Crippen LogP contribution in [0, 0.1) is 0 Å². The van der Waals surface area contributed by atoms with E-state index in [1.807, 2.05) is 0 Å². The van der Waals surface area contributed by atoms with Gasteiger partial charge in [-0.15, -0.1) is 0 Å². The summed E-state index contributed by atoms with van der Waals surface area (Å²) in [6.45, 7) is 4.43. The average Bonchev–Trinajstić information content (AvgIpc) is 0.923. The molecular formula is C89H146O17P2. The van der Waals surface area contributed by atoms with Crippen molar-refractivity contribution in [1.29, 1.82) is 0 Å². The van der Waals surface area contributed by atoms with Crippen LogP contribution in [0.5, 0.6) is 0 Å². The number of aliphatic hydroxyl groups is 1. The standard InChI is InChI=1S/C89H146O17P2/c1-5-9-13-17-21-25-29-33-37-39-41-43-47-49-53-57-61-65-69-73-86(91)99-79-84(105-88(93)75-71-67-63-59-55-51-45-35-31-27-23-19-15-11-7-3)81-103-107(95,96)101-77-83(90)78-102-108(97,98)104-82-85(106-89(94)76-72-68-64-60-56-52-46-36-32-28-24-20-16-12-8-4)80-100-87(92)74-70-66-62-58-54-50-48-44-42-40-38-34-30-26-22-18-14-10-6-2/h9-11,13-15,21-23,25-27,33-38,41-46,49-50,53-54,83-85,90H,5-8,12,16-20,24,28-32,39-40,47-48,51-52,55-82H2,1-4H3,(H,95,96)(H,97,98)/b13-9-,14-10-,15-11-,25-21-,26-22-,27-23-,37-33-,38-34-,43-41-,44-42-,45-35-,46-36-,53-49-,54-50-. The van der Waals surface area contributed by atoms with Crippen LogP contribution < -0.4 is 0 Å². The van der Waals surface area contributed by atoms with Crippen molar-refractivity contribution in [2.24, 2.45) is 0 Å². The maximum Gasteiger partial charge on any atom is 0.472 e. The lowest BCUT2D eigenvalue weighted by Crippen LogP contribution is -2.30. The first-order valence-corrected chi connectivity index (χ1v) is 44.4. The van der Waals surface area contributed by atoms with Crippen molar-refractivity contribution in [3.8, 4) is 0 Å². The van der Waals surface area contributed by atoms with Gasteiger partial charge in [0.2, 0.25) is 0 Å². The van der Waals surface area contributed by atoms with E-state index in [-0.39, 0.29) is 25.7 Å². The fourth-order valence-corrected chi connectivity index (χ4v) is 12.0. The van der Waals surface area contributed by atoms with Crippen LogP contribution in [0.15, 0.2) is 170 Å². The van der Waals surface area contributed by atoms with Crippen LogP contribution in [-0.4, -0.2) is 96.7 Å². The molecule has 0 heterocycles. The molecule has 0 rings (SSSR count). The number of carbonyl (C=O) groups is 4. The van der Waals surface area contributed by atoms with Crippen LogP contribution >= 0.6 is 15.6 Å². The van der Waals surface area contributed by atoms with Gasteiger partial charge in [0.05, 0.1) is 26.4 Å². The first-order chi connectivity index (χ1) is 52.7. The molecule has 5 unspecified atom stereocenters. The zero-order valence-corrected chi connectivity index (χ0v) is 69.0. The number of carbonyl (C=O) groups excluding carboxylic acids is 4. The predicted octanol–water partition coefficient (Wildman–Crippen LogP) is 24.6. The van der Waals surface area contributed by atoms with E-state index in [4.69, 9.17) is 37.0 Å². The highest BCUT2D eigenvalue weighted by Gasteiger charge is 2.30. The molecule has 3 N–H and O–H groups in total. The van der Waals surface area contributed by atoms with Gasteiger partial charge in [0.1, 0.15) is 19.3 Å². The van der Waals surface area contributed by atoms with Crippen molar-refractivity contribution in [3.05, 3.63) is 170 Å². The molecule has 0 radical (unpaired) electrons. The highest BCUT2D eigenvalue weighted by molar-refractivity contribution is 7.47. The second-order valence-electron chi connectivity index (χ2n) is 26.9. The van der Waals surface area contributed by atoms with E-state index in [9.17, 15) is 43.2 Å². The Labute approximate surface area is 654 Å². The number of allylic oxidation sites excluding steroid dienone is 28. The Morgan fingerprint density at radius 1 is 0.269 bits per heavy atom. The molecule has 0 aromatic carbocycles. The fourth-order valence-electron chi connectivity index (χ4n) is 10.5. The number of phosphoric acid groups is 2. The van der Waals surface area contributed by atoms with Crippen molar-refractivity contribution < 1.29 is 80.2 Å². The summed E-state index contributed by atoms with van der Waals surface area (Å²) in [4.78, 5) is 73.2. The van der Waals surface area contributed by atoms with Gasteiger partial charge in [-0.1, -0.05) is 281 Å². The van der Waals surface area contributed by atoms with Crippen molar-refractivity contribution in [3.63, 3.8) is 0 Å². The molecule has 0 saturated heterocycles. The van der Waals surface area contributed by atoms with E-state index in [0.29, 0.717) is 25.7 Å². The summed E-state index contributed by atoms with van der Waals surface area (Å²) in [6.07, 6.45) is 94.6. The number of esters is 4. The molecule has 0 fully saturated rings. The van der Waals surface area contributed by atoms with Crippen LogP contribution in [0.25, 0.3) is 0 Å². The minimum Gasteiger partial charge on any atom is -0.462 e. The number of aliphatic hydroxyl groups excluding tert-OH is 1. The zero-order valence-electron chi connectivity index (χ0n) is 67.2. The lowest BCUT2D eigenvalue weighted by molar-refractivity contribution is -0.161. The number of rotatable bonds is 76. The van der Waals surface area contributed by atoms with Gasteiger partial charge in [0.25, 0.3) is 0 Å². The Bertz CT molecular complexity index is 2710. The normalized spacial score (nSPS) is 14.7. The Kier molecular flexibility index (Phi) is 75.4. The van der Waals surface area contributed by atoms with Crippen molar-refractivity contribution in [2.75, 3.05) is 39.6 Å². The lowest BCUT2D eigenvalue weighted by Gasteiger charge is -2.21. The van der Waals surface area contributed by atoms with E-state index in [2.05, 4.69) is 198 Å². The Hall–Kier alpha value is -5.58. The molecule has 0 spiro atoms. The third-order valence-electron chi connectivity index (χ3n) is 16.7. The van der Waals surface area contributed by atoms with Crippen LogP contribution in [-0.2, 0) is 65.4 Å². The minimum absolute atomic E-state index is 0.0612. The highest BCUT2D eigenvalue weighted by Crippen LogP contribution is 2.45. The molecule has 19 heteroatoms. The average molecular weight is 1550 g/mol. The number of phosphoric ester groups is 2. The molecule has 108 heavy (non-hydrogen) atoms. The number of ether oxygens (including phenoxy) is 4. The van der Waals surface area contributed by atoms with Gasteiger partial charge in [-0.2, -0.15) is 0 Å². The summed E-state index contributed by atoms with van der Waals surface area (Å²) in [5, 5.41) is 10.7. The molecule has 5 atom stereocenters. The molecule has 0 aliphatic rings. The summed E-state index contributed by atoms with van der Waals surface area (Å²) < 4.78 is 68.7. The van der Waals surface area contributed by atoms with E-state index in [0.717, 1.165) is 193 Å². The monoisotopic (exact) mass is 1550 g/mol. The van der Waals surface area contributed by atoms with Crippen molar-refractivity contribution in [2.45, 2.75) is 329 Å². The van der Waals surface area contributed by atoms with E-state index in [1.165, 1.54) is 38.5 Å². The van der Waals surface area contributed by atoms with E-state index < -0.39 is 97.5 Å². The molecule has 614 valence electrons. The smallest absolute Gasteiger partial charge is 0.462 e. The number of unbranched alkanes of at least 4 members (excludes halogenated alkanes) is 22. The van der Waals surface area contributed by atoms with E-state index in [1.54, 1.807) is 0 Å².